The molecule has 9 nitrogen and oxygen atoms in total. The van der Waals surface area contributed by atoms with Crippen LogP contribution < -0.4 is 4.72 Å². The molecular formula is C16H26N2O7S. The highest BCUT2D eigenvalue weighted by Crippen LogP contribution is 2.20. The zero-order valence-corrected chi connectivity index (χ0v) is 16.7. The van der Waals surface area contributed by atoms with Crippen molar-refractivity contribution in [3.05, 3.63) is 11.5 Å². The first-order chi connectivity index (χ1) is 11.9. The predicted molar refractivity (Wildman–Crippen MR) is 91.8 cm³/mol. The minimum atomic E-state index is -4.08. The number of aromatic nitrogens is 1. The number of ether oxygens (including phenoxy) is 2. The van der Waals surface area contributed by atoms with Crippen molar-refractivity contribution in [2.24, 2.45) is 0 Å². The Bertz CT molecular complexity index is 728. The number of aryl methyl sites for hydroxylation is 2. The highest BCUT2D eigenvalue weighted by atomic mass is 32.2. The van der Waals surface area contributed by atoms with Gasteiger partial charge in [0.15, 0.2) is 5.76 Å². The van der Waals surface area contributed by atoms with Crippen molar-refractivity contribution < 1.29 is 32.0 Å². The number of carbonyl (C=O) groups is 2. The summed E-state index contributed by atoms with van der Waals surface area (Å²) >= 11 is 0. The highest BCUT2D eigenvalue weighted by Gasteiger charge is 2.31. The number of sulfonamides is 1. The van der Waals surface area contributed by atoms with Gasteiger partial charge in [0, 0.05) is 6.42 Å². The number of nitrogens with zero attached hydrogens (tertiary/aromatic N) is 1. The van der Waals surface area contributed by atoms with Gasteiger partial charge in [-0.1, -0.05) is 5.16 Å². The number of rotatable bonds is 8. The summed E-state index contributed by atoms with van der Waals surface area (Å²) in [6.45, 7) is 9.76. The van der Waals surface area contributed by atoms with Gasteiger partial charge in [-0.2, -0.15) is 4.72 Å². The molecule has 1 N–H and O–H groups in total. The van der Waals surface area contributed by atoms with E-state index in [1.807, 2.05) is 0 Å². The molecule has 0 radical (unpaired) electrons. The minimum absolute atomic E-state index is 0.0782. The molecule has 1 aromatic rings. The first-order valence-corrected chi connectivity index (χ1v) is 9.69. The first-order valence-electron chi connectivity index (χ1n) is 8.21. The van der Waals surface area contributed by atoms with Gasteiger partial charge in [-0.3, -0.25) is 9.59 Å². The fourth-order valence-corrected chi connectivity index (χ4v) is 3.78. The summed E-state index contributed by atoms with van der Waals surface area (Å²) < 4.78 is 42.4. The van der Waals surface area contributed by atoms with Gasteiger partial charge in [0.2, 0.25) is 10.0 Å². The Balaban J connectivity index is 2.94. The minimum Gasteiger partial charge on any atom is -0.465 e. The lowest BCUT2D eigenvalue weighted by atomic mass is 10.1. The van der Waals surface area contributed by atoms with E-state index in [1.165, 1.54) is 13.8 Å². The fraction of sp³-hybridized carbons (Fsp3) is 0.688. The molecule has 0 spiro atoms. The van der Waals surface area contributed by atoms with Crippen molar-refractivity contribution in [1.82, 2.24) is 9.88 Å². The molecular weight excluding hydrogens is 364 g/mol. The Hall–Kier alpha value is -1.94. The second-order valence-electron chi connectivity index (χ2n) is 6.70. The number of hydrogen-bond acceptors (Lipinski definition) is 8. The zero-order chi connectivity index (χ0) is 20.1. The Morgan fingerprint density at radius 1 is 1.27 bits per heavy atom. The smallest absolute Gasteiger partial charge is 0.324 e. The molecule has 1 rings (SSSR count). The molecule has 10 heteroatoms. The molecule has 0 saturated carbocycles. The molecule has 0 bridgehead atoms. The molecule has 26 heavy (non-hydrogen) atoms. The van der Waals surface area contributed by atoms with E-state index in [0.717, 1.165) is 0 Å². The molecule has 0 saturated heterocycles. The normalized spacial score (nSPS) is 13.3. The van der Waals surface area contributed by atoms with Crippen LogP contribution >= 0.6 is 0 Å². The second-order valence-corrected chi connectivity index (χ2v) is 8.36. The highest BCUT2D eigenvalue weighted by molar-refractivity contribution is 7.89. The Labute approximate surface area is 153 Å². The molecule has 0 aliphatic rings. The maximum atomic E-state index is 12.6. The van der Waals surface area contributed by atoms with Gasteiger partial charge < -0.3 is 14.0 Å². The number of esters is 2. The van der Waals surface area contributed by atoms with E-state index >= 15 is 0 Å². The lowest BCUT2D eigenvalue weighted by Gasteiger charge is -2.21. The molecule has 0 aliphatic heterocycles. The molecule has 0 amide bonds. The molecule has 0 unspecified atom stereocenters. The van der Waals surface area contributed by atoms with Crippen molar-refractivity contribution in [2.45, 2.75) is 70.9 Å². The monoisotopic (exact) mass is 390 g/mol. The van der Waals surface area contributed by atoms with E-state index in [9.17, 15) is 18.0 Å². The van der Waals surface area contributed by atoms with Gasteiger partial charge in [-0.15, -0.1) is 0 Å². The molecule has 1 heterocycles. The topological polar surface area (TPSA) is 125 Å². The molecule has 1 atom stereocenters. The zero-order valence-electron chi connectivity index (χ0n) is 15.9. The van der Waals surface area contributed by atoms with Gasteiger partial charge in [0.1, 0.15) is 22.2 Å². The van der Waals surface area contributed by atoms with Crippen LogP contribution in [0.5, 0.6) is 0 Å². The van der Waals surface area contributed by atoms with E-state index in [0.29, 0.717) is 0 Å². The number of nitrogens with one attached hydrogen (secondary N) is 1. The summed E-state index contributed by atoms with van der Waals surface area (Å²) in [6.07, 6.45) is -0.249. The largest absolute Gasteiger partial charge is 0.465 e. The van der Waals surface area contributed by atoms with Crippen LogP contribution in [0.4, 0.5) is 0 Å². The molecule has 148 valence electrons. The summed E-state index contributed by atoms with van der Waals surface area (Å²) in [5, 5.41) is 3.60. The summed E-state index contributed by atoms with van der Waals surface area (Å²) in [4.78, 5) is 23.9. The second kappa shape index (κ2) is 8.63. The first kappa shape index (κ1) is 22.1. The maximum Gasteiger partial charge on any atom is 0.324 e. The van der Waals surface area contributed by atoms with Crippen molar-refractivity contribution in [3.8, 4) is 0 Å². The van der Waals surface area contributed by atoms with E-state index in [2.05, 4.69) is 9.88 Å². The third-order valence-corrected chi connectivity index (χ3v) is 4.88. The van der Waals surface area contributed by atoms with Crippen molar-refractivity contribution in [1.29, 1.82) is 0 Å². The molecule has 0 aliphatic carbocycles. The van der Waals surface area contributed by atoms with Gasteiger partial charge in [-0.25, -0.2) is 8.42 Å². The fourth-order valence-electron chi connectivity index (χ4n) is 2.23. The van der Waals surface area contributed by atoms with E-state index in [-0.39, 0.29) is 35.8 Å². The standard InChI is InChI=1S/C16H26N2O7S/c1-7-23-15(20)12(8-9-13(19)24-16(4,5)6)18-26(21,22)14-10(2)17-25-11(14)3/h12,18H,7-9H2,1-6H3/t12-/m0/s1. The SMILES string of the molecule is CCOC(=O)[C@H](CCC(=O)OC(C)(C)C)NS(=O)(=O)c1c(C)noc1C. The number of carbonyl (C=O) groups excluding carboxylic acids is 2. The Kier molecular flexibility index (Phi) is 7.34. The van der Waals surface area contributed by atoms with Gasteiger partial charge in [0.05, 0.1) is 6.61 Å². The third-order valence-electron chi connectivity index (χ3n) is 3.16. The van der Waals surface area contributed by atoms with Crippen LogP contribution in [0.2, 0.25) is 0 Å². The quantitative estimate of drug-likeness (QED) is 0.664. The van der Waals surface area contributed by atoms with Gasteiger partial charge in [0.25, 0.3) is 0 Å². The summed E-state index contributed by atoms with van der Waals surface area (Å²) in [7, 11) is -4.08. The molecule has 0 fully saturated rings. The van der Waals surface area contributed by atoms with Crippen molar-refractivity contribution >= 4 is 22.0 Å². The van der Waals surface area contributed by atoms with E-state index < -0.39 is 33.6 Å². The Morgan fingerprint density at radius 3 is 2.35 bits per heavy atom. The van der Waals surface area contributed by atoms with Crippen LogP contribution in [0.15, 0.2) is 9.42 Å². The maximum absolute atomic E-state index is 12.6. The van der Waals surface area contributed by atoms with Gasteiger partial charge >= 0.3 is 11.9 Å². The Morgan fingerprint density at radius 2 is 1.88 bits per heavy atom. The lowest BCUT2D eigenvalue weighted by molar-refractivity contribution is -0.155. The van der Waals surface area contributed by atoms with Crippen LogP contribution in [-0.2, 0) is 29.1 Å². The van der Waals surface area contributed by atoms with Crippen LogP contribution in [0, 0.1) is 13.8 Å². The van der Waals surface area contributed by atoms with E-state index in [4.69, 9.17) is 14.0 Å². The van der Waals surface area contributed by atoms with Crippen LogP contribution in [-0.4, -0.2) is 43.8 Å². The average molecular weight is 390 g/mol. The predicted octanol–water partition coefficient (Wildman–Crippen LogP) is 1.62. The summed E-state index contributed by atoms with van der Waals surface area (Å²) in [6, 6.07) is -1.24. The van der Waals surface area contributed by atoms with Crippen LogP contribution in [0.3, 0.4) is 0 Å². The summed E-state index contributed by atoms with van der Waals surface area (Å²) in [5.74, 6) is -1.21. The lowest BCUT2D eigenvalue weighted by Crippen LogP contribution is -2.42. The van der Waals surface area contributed by atoms with Crippen molar-refractivity contribution in [3.63, 3.8) is 0 Å². The average Bonchev–Trinajstić information content (AvgIpc) is 2.81. The molecule has 1 aromatic heterocycles. The molecule has 0 aromatic carbocycles. The number of hydrogen-bond donors (Lipinski definition) is 1. The van der Waals surface area contributed by atoms with Gasteiger partial charge in [-0.05, 0) is 48.0 Å². The van der Waals surface area contributed by atoms with Crippen LogP contribution in [0.25, 0.3) is 0 Å². The summed E-state index contributed by atoms with van der Waals surface area (Å²) in [5.41, 5.74) is -0.503. The third kappa shape index (κ3) is 6.41. The van der Waals surface area contributed by atoms with Crippen molar-refractivity contribution in [2.75, 3.05) is 6.61 Å². The van der Waals surface area contributed by atoms with Crippen LogP contribution in [0.1, 0.15) is 52.0 Å². The van der Waals surface area contributed by atoms with E-state index in [1.54, 1.807) is 27.7 Å².